The van der Waals surface area contributed by atoms with Gasteiger partial charge in [0, 0.05) is 10.9 Å². The number of nitrogens with two attached hydrogens (primary N) is 1. The Morgan fingerprint density at radius 2 is 1.83 bits per heavy atom. The first-order chi connectivity index (χ1) is 11.2. The number of carbonyl (C=O) groups is 1. The quantitative estimate of drug-likeness (QED) is 0.861. The second kappa shape index (κ2) is 5.54. The van der Waals surface area contributed by atoms with Crippen LogP contribution in [0.1, 0.15) is 11.5 Å². The molecule has 0 heterocycles. The third-order valence-electron chi connectivity index (χ3n) is 4.23. The highest BCUT2D eigenvalue weighted by molar-refractivity contribution is 7.92. The normalized spacial score (nSPS) is 26.1. The molecule has 1 fully saturated rings. The number of sulfone groups is 1. The molecule has 126 valence electrons. The highest BCUT2D eigenvalue weighted by Gasteiger charge is 2.74. The van der Waals surface area contributed by atoms with Crippen LogP contribution in [0.5, 0.6) is 0 Å². The zero-order valence-corrected chi connectivity index (χ0v) is 13.8. The number of carboxylic acids is 1. The molecule has 8 heteroatoms. The molecule has 0 bridgehead atoms. The minimum atomic E-state index is -4.03. The van der Waals surface area contributed by atoms with Crippen molar-refractivity contribution in [3.8, 4) is 0 Å². The van der Waals surface area contributed by atoms with Crippen molar-refractivity contribution in [1.29, 1.82) is 0 Å². The predicted molar refractivity (Wildman–Crippen MR) is 86.1 cm³/mol. The van der Waals surface area contributed by atoms with Crippen molar-refractivity contribution in [2.75, 3.05) is 0 Å². The first-order valence-corrected chi connectivity index (χ1v) is 8.88. The van der Waals surface area contributed by atoms with Gasteiger partial charge in [0.1, 0.15) is 16.6 Å². The van der Waals surface area contributed by atoms with Gasteiger partial charge in [0.25, 0.3) is 0 Å². The molecule has 2 aromatic rings. The van der Waals surface area contributed by atoms with Gasteiger partial charge in [-0.2, -0.15) is 0 Å². The van der Waals surface area contributed by atoms with Gasteiger partial charge in [-0.05, 0) is 42.0 Å². The van der Waals surface area contributed by atoms with E-state index in [2.05, 4.69) is 0 Å². The first-order valence-electron chi connectivity index (χ1n) is 6.96. The molecule has 1 aliphatic rings. The SMILES string of the molecule is N[C@]1(C(=O)O)[C@H](c2cccc(F)c2)[C@@H]1S(=O)(=O)c1ccc(Cl)cc1. The average molecular weight is 370 g/mol. The van der Waals surface area contributed by atoms with Crippen LogP contribution in [0.3, 0.4) is 0 Å². The Morgan fingerprint density at radius 1 is 1.21 bits per heavy atom. The molecule has 0 radical (unpaired) electrons. The highest BCUT2D eigenvalue weighted by atomic mass is 35.5. The van der Waals surface area contributed by atoms with E-state index in [1.54, 1.807) is 0 Å². The van der Waals surface area contributed by atoms with E-state index in [1.165, 1.54) is 42.5 Å². The van der Waals surface area contributed by atoms with Gasteiger partial charge in [0.15, 0.2) is 9.84 Å². The molecule has 0 amide bonds. The fourth-order valence-corrected chi connectivity index (χ4v) is 5.34. The zero-order chi connectivity index (χ0) is 17.7. The van der Waals surface area contributed by atoms with E-state index in [0.29, 0.717) is 5.02 Å². The molecular weight excluding hydrogens is 357 g/mol. The predicted octanol–water partition coefficient (Wildman–Crippen LogP) is 2.20. The Kier molecular flexibility index (Phi) is 3.90. The van der Waals surface area contributed by atoms with Crippen LogP contribution >= 0.6 is 11.6 Å². The van der Waals surface area contributed by atoms with Crippen LogP contribution in [0.2, 0.25) is 5.02 Å². The number of carboxylic acid groups (broad SMARTS) is 1. The molecule has 1 saturated carbocycles. The maximum atomic E-state index is 13.4. The van der Waals surface area contributed by atoms with E-state index in [4.69, 9.17) is 17.3 Å². The molecule has 3 rings (SSSR count). The molecule has 0 aromatic heterocycles. The van der Waals surface area contributed by atoms with Gasteiger partial charge in [0.05, 0.1) is 4.90 Å². The number of hydrogen-bond donors (Lipinski definition) is 2. The van der Waals surface area contributed by atoms with Gasteiger partial charge >= 0.3 is 5.97 Å². The summed E-state index contributed by atoms with van der Waals surface area (Å²) in [6.45, 7) is 0. The zero-order valence-electron chi connectivity index (χ0n) is 12.2. The van der Waals surface area contributed by atoms with E-state index in [0.717, 1.165) is 6.07 Å². The van der Waals surface area contributed by atoms with E-state index >= 15 is 0 Å². The van der Waals surface area contributed by atoms with Crippen molar-refractivity contribution in [1.82, 2.24) is 0 Å². The number of halogens is 2. The van der Waals surface area contributed by atoms with Crippen LogP contribution in [0.15, 0.2) is 53.4 Å². The van der Waals surface area contributed by atoms with Gasteiger partial charge in [-0.3, -0.25) is 4.79 Å². The van der Waals surface area contributed by atoms with E-state index in [-0.39, 0.29) is 10.5 Å². The molecule has 1 aliphatic carbocycles. The summed E-state index contributed by atoms with van der Waals surface area (Å²) in [5, 5.41) is 8.40. The molecule has 0 aliphatic heterocycles. The lowest BCUT2D eigenvalue weighted by molar-refractivity contribution is -0.139. The van der Waals surface area contributed by atoms with Gasteiger partial charge in [-0.1, -0.05) is 23.7 Å². The van der Waals surface area contributed by atoms with Crippen molar-refractivity contribution < 1.29 is 22.7 Å². The Morgan fingerprint density at radius 3 is 2.38 bits per heavy atom. The van der Waals surface area contributed by atoms with Crippen molar-refractivity contribution in [3.05, 3.63) is 64.9 Å². The van der Waals surface area contributed by atoms with E-state index in [9.17, 15) is 22.7 Å². The average Bonchev–Trinajstić information content (AvgIpc) is 3.17. The van der Waals surface area contributed by atoms with Gasteiger partial charge in [0.2, 0.25) is 0 Å². The molecule has 3 N–H and O–H groups in total. The smallest absolute Gasteiger partial charge is 0.325 e. The third-order valence-corrected chi connectivity index (χ3v) is 6.75. The lowest BCUT2D eigenvalue weighted by atomic mass is 10.1. The molecule has 24 heavy (non-hydrogen) atoms. The fraction of sp³-hybridized carbons (Fsp3) is 0.188. The topological polar surface area (TPSA) is 97.5 Å². The summed E-state index contributed by atoms with van der Waals surface area (Å²) < 4.78 is 39.1. The van der Waals surface area contributed by atoms with Gasteiger partial charge < -0.3 is 10.8 Å². The van der Waals surface area contributed by atoms with E-state index in [1.807, 2.05) is 0 Å². The Hall–Kier alpha value is -1.96. The first kappa shape index (κ1) is 16.9. The van der Waals surface area contributed by atoms with Crippen LogP contribution in [-0.4, -0.2) is 30.3 Å². The number of aliphatic carboxylic acids is 1. The second-order valence-corrected chi connectivity index (χ2v) is 8.20. The standard InChI is InChI=1S/C16H13ClFNO4S/c17-10-4-6-12(7-5-10)24(22,23)14-13(16(14,19)15(20)21)9-2-1-3-11(18)8-9/h1-8,13-14H,19H2,(H,20,21)/t13-,14+,16-/m1/s1. The summed E-state index contributed by atoms with van der Waals surface area (Å²) in [6.07, 6.45) is 0. The fourth-order valence-electron chi connectivity index (χ4n) is 2.99. The molecule has 0 spiro atoms. The summed E-state index contributed by atoms with van der Waals surface area (Å²) in [4.78, 5) is 11.5. The number of rotatable bonds is 4. The molecule has 5 nitrogen and oxygen atoms in total. The maximum Gasteiger partial charge on any atom is 0.325 e. The lowest BCUT2D eigenvalue weighted by Crippen LogP contribution is -2.39. The highest BCUT2D eigenvalue weighted by Crippen LogP contribution is 2.55. The Balaban J connectivity index is 2.08. The van der Waals surface area contributed by atoms with Crippen LogP contribution in [0, 0.1) is 5.82 Å². The monoisotopic (exact) mass is 369 g/mol. The summed E-state index contributed by atoms with van der Waals surface area (Å²) in [5.41, 5.74) is 4.12. The summed E-state index contributed by atoms with van der Waals surface area (Å²) in [6, 6.07) is 10.5. The minimum Gasteiger partial charge on any atom is -0.480 e. The van der Waals surface area contributed by atoms with Crippen molar-refractivity contribution in [2.24, 2.45) is 5.73 Å². The second-order valence-electron chi connectivity index (χ2n) is 5.69. The molecular formula is C16H13ClFNO4S. The Labute approximate surface area is 142 Å². The molecule has 3 atom stereocenters. The molecule has 0 saturated heterocycles. The number of benzene rings is 2. The largest absolute Gasteiger partial charge is 0.480 e. The van der Waals surface area contributed by atoms with Gasteiger partial charge in [-0.15, -0.1) is 0 Å². The van der Waals surface area contributed by atoms with Gasteiger partial charge in [-0.25, -0.2) is 12.8 Å². The minimum absolute atomic E-state index is 0.0770. The molecule has 2 aromatic carbocycles. The van der Waals surface area contributed by atoms with Crippen LogP contribution in [0.25, 0.3) is 0 Å². The maximum absolute atomic E-state index is 13.4. The van der Waals surface area contributed by atoms with Crippen molar-refractivity contribution in [2.45, 2.75) is 21.6 Å². The van der Waals surface area contributed by atoms with Crippen LogP contribution < -0.4 is 5.73 Å². The number of hydrogen-bond acceptors (Lipinski definition) is 4. The summed E-state index contributed by atoms with van der Waals surface area (Å²) in [5.74, 6) is -3.07. The summed E-state index contributed by atoms with van der Waals surface area (Å²) >= 11 is 5.75. The Bertz CT molecular complexity index is 916. The van der Waals surface area contributed by atoms with Crippen molar-refractivity contribution in [3.63, 3.8) is 0 Å². The molecule has 0 unspecified atom stereocenters. The summed E-state index contributed by atoms with van der Waals surface area (Å²) in [7, 11) is -4.03. The van der Waals surface area contributed by atoms with E-state index < -0.39 is 38.3 Å². The van der Waals surface area contributed by atoms with Crippen molar-refractivity contribution >= 4 is 27.4 Å². The third kappa shape index (κ3) is 2.49. The van der Waals surface area contributed by atoms with Crippen LogP contribution in [0.4, 0.5) is 4.39 Å². The van der Waals surface area contributed by atoms with Crippen LogP contribution in [-0.2, 0) is 14.6 Å². The lowest BCUT2D eigenvalue weighted by Gasteiger charge is -2.06.